The van der Waals surface area contributed by atoms with Crippen LogP contribution in [0.25, 0.3) is 21.9 Å². The minimum Gasteiger partial charge on any atom is -0.481 e. The van der Waals surface area contributed by atoms with E-state index in [1.54, 1.807) is 26.8 Å². The zero-order chi connectivity index (χ0) is 76.1. The van der Waals surface area contributed by atoms with E-state index in [1.807, 2.05) is 65.0 Å². The van der Waals surface area contributed by atoms with E-state index in [1.165, 1.54) is 0 Å². The highest BCUT2D eigenvalue weighted by Gasteiger charge is 2.34. The van der Waals surface area contributed by atoms with E-state index in [2.05, 4.69) is 47.9 Å². The summed E-state index contributed by atoms with van der Waals surface area (Å²) in [7, 11) is 0. The van der Waals surface area contributed by atoms with Crippen LogP contribution >= 0.6 is 0 Å². The summed E-state index contributed by atoms with van der Waals surface area (Å²) in [4.78, 5) is 142. The van der Waals surface area contributed by atoms with Gasteiger partial charge in [-0.1, -0.05) is 105 Å². The summed E-state index contributed by atoms with van der Waals surface area (Å²) < 4.78 is 50.0. The Balaban J connectivity index is 1.43. The van der Waals surface area contributed by atoms with Crippen LogP contribution in [0.5, 0.6) is 0 Å². The normalized spacial score (nSPS) is 13.8. The lowest BCUT2D eigenvalue weighted by molar-refractivity contribution is -0.138. The molecule has 3 aromatic rings. The number of aliphatic hydroxyl groups is 1. The van der Waals surface area contributed by atoms with Gasteiger partial charge < -0.3 is 112 Å². The number of carboxylic acids is 1. The molecule has 0 aliphatic carbocycles. The Bertz CT molecular complexity index is 3100. The number of rotatable bonds is 58. The zero-order valence-electron chi connectivity index (χ0n) is 61.0. The van der Waals surface area contributed by atoms with Crippen molar-refractivity contribution in [2.24, 2.45) is 35.1 Å². The molecule has 15 N–H and O–H groups in total. The maximum Gasteiger partial charge on any atom is 0.305 e. The maximum absolute atomic E-state index is 14.2. The van der Waals surface area contributed by atoms with E-state index < -0.39 is 133 Å². The minimum absolute atomic E-state index is 0.00706. The number of nitrogens with one attached hydrogen (secondary N) is 9. The highest BCUT2D eigenvalue weighted by Crippen LogP contribution is 2.33. The number of fused-ring (bicyclic) bond motifs is 3. The number of amides is 10. The Hall–Kier alpha value is -7.99. The van der Waals surface area contributed by atoms with E-state index in [4.69, 9.17) is 58.9 Å². The van der Waals surface area contributed by atoms with Gasteiger partial charge in [-0.05, 0) is 54.1 Å². The van der Waals surface area contributed by atoms with E-state index in [9.17, 15) is 57.8 Å². The summed E-state index contributed by atoms with van der Waals surface area (Å²) >= 11 is 0. The number of benzene rings is 2. The number of nitrogens with two attached hydrogens (primary N) is 2. The molecule has 0 radical (unpaired) electrons. The van der Waals surface area contributed by atoms with Crippen LogP contribution in [0.4, 0.5) is 0 Å². The fraction of sp³-hybridized carbons (Fsp3) is 0.671. The monoisotopic (exact) mass is 1460 g/mol. The van der Waals surface area contributed by atoms with Gasteiger partial charge >= 0.3 is 5.97 Å². The molecule has 0 unspecified atom stereocenters. The predicted octanol–water partition coefficient (Wildman–Crippen LogP) is -0.453. The van der Waals surface area contributed by atoms with Crippen molar-refractivity contribution in [1.29, 1.82) is 0 Å². The van der Waals surface area contributed by atoms with Gasteiger partial charge in [0.2, 0.25) is 59.1 Å². The van der Waals surface area contributed by atoms with Gasteiger partial charge in [-0.2, -0.15) is 0 Å². The summed E-state index contributed by atoms with van der Waals surface area (Å²) in [6, 6.07) is 4.06. The molecule has 10 amide bonds. The van der Waals surface area contributed by atoms with Crippen molar-refractivity contribution in [3.63, 3.8) is 0 Å². The molecular formula is C70H113N11O22. The number of primary amides is 1. The number of carboxylic acid groups (broad SMARTS) is 1. The van der Waals surface area contributed by atoms with Crippen molar-refractivity contribution < 1.29 is 105 Å². The number of furan rings is 1. The molecule has 0 bridgehead atoms. The SMILES string of the molecule is CC[C@H](C)[C@H](NC(=O)CCc1cccc2c1oc1c(CCNC(=O)[C@H](CC(N)=O)NC(=O)[C@H](CO)NC(=O)CNC(=O)[C@@H](N)C(C)C)cccc12)C(=O)N[C@H](C(=O)NCC(=O)N[C@@H](CC(C)C)C(=O)NCCOCCOCCOCCOCCOCCOCCOCCOCCC(=O)O)[C@@H](C)CC. The van der Waals surface area contributed by atoms with Gasteiger partial charge in [0.1, 0.15) is 41.4 Å². The quantitative estimate of drug-likeness (QED) is 0.0318. The topological polar surface area (TPSA) is 476 Å². The second-order valence-corrected chi connectivity index (χ2v) is 25.4. The van der Waals surface area contributed by atoms with Crippen LogP contribution in [0.2, 0.25) is 0 Å². The highest BCUT2D eigenvalue weighted by atomic mass is 16.6. The van der Waals surface area contributed by atoms with Gasteiger partial charge in [0, 0.05) is 30.3 Å². The first-order valence-electron chi connectivity index (χ1n) is 35.3. The van der Waals surface area contributed by atoms with Crippen LogP contribution in [-0.4, -0.2) is 250 Å². The van der Waals surface area contributed by atoms with Gasteiger partial charge in [0.25, 0.3) is 0 Å². The number of hydrogen-bond donors (Lipinski definition) is 13. The third-order valence-electron chi connectivity index (χ3n) is 16.3. The smallest absolute Gasteiger partial charge is 0.305 e. The number of ether oxygens (including phenoxy) is 8. The number of aliphatic hydroxyl groups excluding tert-OH is 1. The molecule has 33 heteroatoms. The molecule has 0 saturated carbocycles. The number of aliphatic carboxylic acids is 1. The molecule has 0 aliphatic rings. The van der Waals surface area contributed by atoms with Crippen molar-refractivity contribution in [3.05, 3.63) is 47.5 Å². The first kappa shape index (κ1) is 89.2. The van der Waals surface area contributed by atoms with E-state index in [-0.39, 0.29) is 76.3 Å². The Kier molecular flexibility index (Phi) is 44.4. The predicted molar refractivity (Wildman–Crippen MR) is 378 cm³/mol. The van der Waals surface area contributed by atoms with Crippen molar-refractivity contribution >= 4 is 87.0 Å². The Morgan fingerprint density at radius 1 is 0.456 bits per heavy atom. The highest BCUT2D eigenvalue weighted by molar-refractivity contribution is 6.07. The molecule has 580 valence electrons. The van der Waals surface area contributed by atoms with Crippen molar-refractivity contribution in [2.75, 3.05) is 138 Å². The zero-order valence-corrected chi connectivity index (χ0v) is 61.0. The number of aryl methyl sites for hydroxylation is 1. The van der Waals surface area contributed by atoms with Crippen molar-refractivity contribution in [3.8, 4) is 0 Å². The van der Waals surface area contributed by atoms with Crippen LogP contribution in [0.15, 0.2) is 40.8 Å². The minimum atomic E-state index is -1.55. The summed E-state index contributed by atoms with van der Waals surface area (Å²) in [5, 5.41) is 43.5. The molecular weight excluding hydrogens is 1350 g/mol. The first-order chi connectivity index (χ1) is 49.3. The van der Waals surface area contributed by atoms with Crippen LogP contribution in [0.1, 0.15) is 105 Å². The fourth-order valence-corrected chi connectivity index (χ4v) is 10.0. The second kappa shape index (κ2) is 51.2. The molecule has 33 nitrogen and oxygen atoms in total. The number of carbonyl (C=O) groups is 11. The summed E-state index contributed by atoms with van der Waals surface area (Å²) in [6.07, 6.45) is 1.03. The lowest BCUT2D eigenvalue weighted by Crippen LogP contribution is -2.58. The molecule has 1 aromatic heterocycles. The third-order valence-corrected chi connectivity index (χ3v) is 16.3. The average molecular weight is 1460 g/mol. The molecule has 1 heterocycles. The lowest BCUT2D eigenvalue weighted by atomic mass is 9.94. The largest absolute Gasteiger partial charge is 0.481 e. The molecule has 0 aliphatic heterocycles. The molecule has 0 saturated heterocycles. The molecule has 0 spiro atoms. The Morgan fingerprint density at radius 2 is 0.893 bits per heavy atom. The molecule has 103 heavy (non-hydrogen) atoms. The van der Waals surface area contributed by atoms with Gasteiger partial charge in [-0.15, -0.1) is 0 Å². The lowest BCUT2D eigenvalue weighted by Gasteiger charge is -2.29. The Labute approximate surface area is 602 Å². The van der Waals surface area contributed by atoms with Crippen LogP contribution in [0, 0.1) is 23.7 Å². The van der Waals surface area contributed by atoms with E-state index in [0.717, 1.165) is 10.8 Å². The van der Waals surface area contributed by atoms with Crippen molar-refractivity contribution in [1.82, 2.24) is 47.9 Å². The third kappa shape index (κ3) is 35.8. The summed E-state index contributed by atoms with van der Waals surface area (Å²) in [6.45, 7) is 18.4. The fourth-order valence-electron chi connectivity index (χ4n) is 10.0. The van der Waals surface area contributed by atoms with Crippen LogP contribution in [-0.2, 0) is 103 Å². The van der Waals surface area contributed by atoms with Crippen LogP contribution in [0.3, 0.4) is 0 Å². The van der Waals surface area contributed by atoms with Crippen LogP contribution < -0.4 is 59.3 Å². The second-order valence-electron chi connectivity index (χ2n) is 25.4. The molecule has 3 rings (SSSR count). The standard InChI is InChI=1S/C70H113N11O22/c1-9-46(7)61(69(93)76-42-57(85)77-52(39-44(3)4)65(89)74-22-24-96-26-28-98-30-32-100-34-36-102-38-37-101-35-33-99-31-29-97-27-25-95-23-20-59(87)88)81-70(94)62(47(8)10-2)80-56(84)18-17-48-13-11-15-50-51-16-12-14-49(64(51)103-63(48)50)19-21-73-66(90)53(40-55(71)83)79-67(91)54(43-82)78-58(86)41-75-68(92)60(72)45(5)6/h11-16,44-47,52-54,60-62,82H,9-10,17-43,72H2,1-8H3,(H2,71,83)(H,73,90)(H,74,89)(H,75,92)(H,76,93)(H,77,85)(H,78,86)(H,79,91)(H,80,84)(H,81,94)(H,87,88)/t46-,47-,52-,53-,54-,60-,61-,62-/m0/s1. The van der Waals surface area contributed by atoms with E-state index in [0.29, 0.717) is 127 Å². The van der Waals surface area contributed by atoms with Gasteiger partial charge in [-0.3, -0.25) is 52.7 Å². The molecule has 8 atom stereocenters. The summed E-state index contributed by atoms with van der Waals surface area (Å²) in [5.41, 5.74) is 13.6. The van der Waals surface area contributed by atoms with Gasteiger partial charge in [0.15, 0.2) is 0 Å². The molecule has 2 aromatic carbocycles. The van der Waals surface area contributed by atoms with Gasteiger partial charge in [-0.25, -0.2) is 0 Å². The van der Waals surface area contributed by atoms with Gasteiger partial charge in [0.05, 0.1) is 144 Å². The number of hydrogen-bond acceptors (Lipinski definition) is 22. The number of para-hydroxylation sites is 2. The maximum atomic E-state index is 14.2. The molecule has 0 fully saturated rings. The van der Waals surface area contributed by atoms with E-state index >= 15 is 0 Å². The number of carbonyl (C=O) groups excluding carboxylic acids is 10. The first-order valence-corrected chi connectivity index (χ1v) is 35.3. The van der Waals surface area contributed by atoms with Crippen molar-refractivity contribution in [2.45, 2.75) is 143 Å². The summed E-state index contributed by atoms with van der Waals surface area (Å²) in [5.74, 6) is -8.64. The Morgan fingerprint density at radius 3 is 1.35 bits per heavy atom. The average Bonchev–Trinajstić information content (AvgIpc) is 1.62.